The molecule has 0 aromatic rings. The summed E-state index contributed by atoms with van der Waals surface area (Å²) in [6.07, 6.45) is 75.0. The Labute approximate surface area is 455 Å². The van der Waals surface area contributed by atoms with Crippen LogP contribution in [-0.2, 0) is 28.6 Å². The van der Waals surface area contributed by atoms with E-state index in [-0.39, 0.29) is 31.1 Å². The molecule has 1 atom stereocenters. The van der Waals surface area contributed by atoms with Crippen molar-refractivity contribution in [2.75, 3.05) is 13.2 Å². The molecular formula is C67H126O6. The molecule has 0 spiro atoms. The van der Waals surface area contributed by atoms with E-state index >= 15 is 0 Å². The van der Waals surface area contributed by atoms with Gasteiger partial charge in [-0.3, -0.25) is 14.4 Å². The number of allylic oxidation sites excluding steroid dienone is 4. The number of hydrogen-bond acceptors (Lipinski definition) is 6. The maximum atomic E-state index is 12.9. The van der Waals surface area contributed by atoms with Crippen LogP contribution in [0.4, 0.5) is 0 Å². The summed E-state index contributed by atoms with van der Waals surface area (Å²) in [6.45, 7) is 6.65. The predicted molar refractivity (Wildman–Crippen MR) is 316 cm³/mol. The highest BCUT2D eigenvalue weighted by Crippen LogP contribution is 2.18. The average Bonchev–Trinajstić information content (AvgIpc) is 3.39. The molecule has 0 bridgehead atoms. The summed E-state index contributed by atoms with van der Waals surface area (Å²) in [7, 11) is 0. The van der Waals surface area contributed by atoms with E-state index in [4.69, 9.17) is 14.2 Å². The van der Waals surface area contributed by atoms with Crippen LogP contribution >= 0.6 is 0 Å². The van der Waals surface area contributed by atoms with Crippen LogP contribution in [0.1, 0.15) is 367 Å². The number of carbonyl (C=O) groups excluding carboxylic acids is 3. The topological polar surface area (TPSA) is 78.9 Å². The second-order valence-corrected chi connectivity index (χ2v) is 22.4. The van der Waals surface area contributed by atoms with Crippen molar-refractivity contribution in [2.24, 2.45) is 0 Å². The summed E-state index contributed by atoms with van der Waals surface area (Å²) in [5.74, 6) is -0.868. The molecule has 6 nitrogen and oxygen atoms in total. The van der Waals surface area contributed by atoms with Gasteiger partial charge in [0.15, 0.2) is 6.10 Å². The molecule has 0 fully saturated rings. The average molecular weight is 1030 g/mol. The minimum Gasteiger partial charge on any atom is -0.462 e. The van der Waals surface area contributed by atoms with Crippen molar-refractivity contribution in [3.8, 4) is 0 Å². The highest BCUT2D eigenvalue weighted by Gasteiger charge is 2.19. The molecule has 0 aliphatic rings. The van der Waals surface area contributed by atoms with E-state index in [2.05, 4.69) is 45.1 Å². The SMILES string of the molecule is CCCCC/C=C\CCCCCCCC(=O)OCC(COC(=O)CCCCCCCCCCCCCCCCCCCCCCCCCCCCCCC)OC(=O)CCCCCCC/C=C\CCCCCCC. The molecule has 0 radical (unpaired) electrons. The third-order valence-corrected chi connectivity index (χ3v) is 14.9. The van der Waals surface area contributed by atoms with Gasteiger partial charge in [-0.1, -0.05) is 302 Å². The Balaban J connectivity index is 4.11. The van der Waals surface area contributed by atoms with Crippen LogP contribution in [0.15, 0.2) is 24.3 Å². The summed E-state index contributed by atoms with van der Waals surface area (Å²) >= 11 is 0. The third kappa shape index (κ3) is 60.6. The molecule has 0 rings (SSSR count). The third-order valence-electron chi connectivity index (χ3n) is 14.9. The number of unbranched alkanes of at least 4 members (excludes halogenated alkanes) is 46. The lowest BCUT2D eigenvalue weighted by molar-refractivity contribution is -0.167. The molecule has 0 saturated heterocycles. The highest BCUT2D eigenvalue weighted by atomic mass is 16.6. The fourth-order valence-corrected chi connectivity index (χ4v) is 9.97. The molecule has 0 aliphatic heterocycles. The normalized spacial score (nSPS) is 12.1. The molecule has 0 aromatic heterocycles. The van der Waals surface area contributed by atoms with Crippen molar-refractivity contribution in [1.29, 1.82) is 0 Å². The van der Waals surface area contributed by atoms with E-state index < -0.39 is 6.10 Å². The molecule has 430 valence electrons. The first-order valence-electron chi connectivity index (χ1n) is 32.8. The Hall–Kier alpha value is -2.11. The van der Waals surface area contributed by atoms with Gasteiger partial charge < -0.3 is 14.2 Å². The Kier molecular flexibility index (Phi) is 60.6. The highest BCUT2D eigenvalue weighted by molar-refractivity contribution is 5.71. The maximum absolute atomic E-state index is 12.9. The van der Waals surface area contributed by atoms with Crippen LogP contribution < -0.4 is 0 Å². The van der Waals surface area contributed by atoms with Gasteiger partial charge in [-0.25, -0.2) is 0 Å². The van der Waals surface area contributed by atoms with Crippen molar-refractivity contribution < 1.29 is 28.6 Å². The second-order valence-electron chi connectivity index (χ2n) is 22.4. The molecule has 0 saturated carbocycles. The van der Waals surface area contributed by atoms with Crippen molar-refractivity contribution in [2.45, 2.75) is 374 Å². The standard InChI is InChI=1S/C67H126O6/c1-4-7-10-13-16-19-22-25-27-28-29-30-31-32-33-34-35-36-37-38-39-40-41-43-45-48-51-54-57-60-66(69)72-63-64(62-71-65(68)59-56-53-50-47-44-24-21-18-15-12-9-6-3)73-67(70)61-58-55-52-49-46-42-26-23-20-17-14-11-8-5-2/h18,21,23,26,64H,4-17,19-20,22,24-25,27-63H2,1-3H3/b21-18-,26-23-. The summed E-state index contributed by atoms with van der Waals surface area (Å²) in [6, 6.07) is 0. The largest absolute Gasteiger partial charge is 0.462 e. The first-order chi connectivity index (χ1) is 36.0. The van der Waals surface area contributed by atoms with Crippen molar-refractivity contribution >= 4 is 17.9 Å². The Bertz CT molecular complexity index is 1180. The van der Waals surface area contributed by atoms with E-state index in [0.717, 1.165) is 70.6 Å². The lowest BCUT2D eigenvalue weighted by Crippen LogP contribution is -2.30. The zero-order chi connectivity index (χ0) is 52.9. The zero-order valence-corrected chi connectivity index (χ0v) is 49.4. The summed E-state index contributed by atoms with van der Waals surface area (Å²) in [4.78, 5) is 38.2. The first kappa shape index (κ1) is 70.9. The van der Waals surface area contributed by atoms with E-state index in [1.54, 1.807) is 0 Å². The molecule has 0 N–H and O–H groups in total. The number of ether oxygens (including phenoxy) is 3. The van der Waals surface area contributed by atoms with E-state index in [1.165, 1.54) is 257 Å². The maximum Gasteiger partial charge on any atom is 0.306 e. The Morgan fingerprint density at radius 1 is 0.260 bits per heavy atom. The number of rotatable bonds is 61. The molecule has 0 amide bonds. The predicted octanol–water partition coefficient (Wildman–Crippen LogP) is 22.2. The van der Waals surface area contributed by atoms with Gasteiger partial charge in [-0.2, -0.15) is 0 Å². The van der Waals surface area contributed by atoms with Gasteiger partial charge in [0.05, 0.1) is 0 Å². The monoisotopic (exact) mass is 1030 g/mol. The molecule has 0 aromatic carbocycles. The number of esters is 3. The van der Waals surface area contributed by atoms with Gasteiger partial charge in [-0.15, -0.1) is 0 Å². The van der Waals surface area contributed by atoms with E-state index in [1.807, 2.05) is 0 Å². The van der Waals surface area contributed by atoms with Gasteiger partial charge in [0.25, 0.3) is 0 Å². The summed E-state index contributed by atoms with van der Waals surface area (Å²) < 4.78 is 16.9. The smallest absolute Gasteiger partial charge is 0.306 e. The van der Waals surface area contributed by atoms with E-state index in [9.17, 15) is 14.4 Å². The summed E-state index contributed by atoms with van der Waals surface area (Å²) in [5, 5.41) is 0. The first-order valence-corrected chi connectivity index (χ1v) is 32.8. The van der Waals surface area contributed by atoms with Crippen molar-refractivity contribution in [1.82, 2.24) is 0 Å². The van der Waals surface area contributed by atoms with Crippen LogP contribution in [0, 0.1) is 0 Å². The van der Waals surface area contributed by atoms with Gasteiger partial charge in [0.2, 0.25) is 0 Å². The van der Waals surface area contributed by atoms with Crippen LogP contribution in [0.3, 0.4) is 0 Å². The Morgan fingerprint density at radius 2 is 0.452 bits per heavy atom. The lowest BCUT2D eigenvalue weighted by atomic mass is 10.0. The molecule has 0 aliphatic carbocycles. The fourth-order valence-electron chi connectivity index (χ4n) is 9.97. The zero-order valence-electron chi connectivity index (χ0n) is 49.4. The minimum atomic E-state index is -0.776. The molecular weight excluding hydrogens is 901 g/mol. The van der Waals surface area contributed by atoms with E-state index in [0.29, 0.717) is 19.3 Å². The quantitative estimate of drug-likeness (QED) is 0.0261. The molecule has 1 unspecified atom stereocenters. The van der Waals surface area contributed by atoms with Crippen LogP contribution in [-0.4, -0.2) is 37.2 Å². The number of carbonyl (C=O) groups is 3. The van der Waals surface area contributed by atoms with Crippen LogP contribution in [0.2, 0.25) is 0 Å². The van der Waals surface area contributed by atoms with Gasteiger partial charge >= 0.3 is 17.9 Å². The van der Waals surface area contributed by atoms with Crippen LogP contribution in [0.25, 0.3) is 0 Å². The van der Waals surface area contributed by atoms with Crippen molar-refractivity contribution in [3.05, 3.63) is 24.3 Å². The minimum absolute atomic E-state index is 0.0727. The molecule has 0 heterocycles. The second kappa shape index (κ2) is 62.4. The molecule has 73 heavy (non-hydrogen) atoms. The lowest BCUT2D eigenvalue weighted by Gasteiger charge is -2.18. The van der Waals surface area contributed by atoms with Gasteiger partial charge in [-0.05, 0) is 70.6 Å². The van der Waals surface area contributed by atoms with Crippen LogP contribution in [0.5, 0.6) is 0 Å². The van der Waals surface area contributed by atoms with Gasteiger partial charge in [0.1, 0.15) is 13.2 Å². The Morgan fingerprint density at radius 3 is 0.712 bits per heavy atom. The molecule has 6 heteroatoms. The van der Waals surface area contributed by atoms with Gasteiger partial charge in [0, 0.05) is 19.3 Å². The fraction of sp³-hybridized carbons (Fsp3) is 0.896. The number of hydrogen-bond donors (Lipinski definition) is 0. The van der Waals surface area contributed by atoms with Crippen molar-refractivity contribution in [3.63, 3.8) is 0 Å². The summed E-state index contributed by atoms with van der Waals surface area (Å²) in [5.41, 5.74) is 0.